The van der Waals surface area contributed by atoms with Gasteiger partial charge in [0.25, 0.3) is 0 Å². The van der Waals surface area contributed by atoms with Gasteiger partial charge in [-0.2, -0.15) is 4.98 Å². The first-order valence-corrected chi connectivity index (χ1v) is 7.51. The summed E-state index contributed by atoms with van der Waals surface area (Å²) in [6.45, 7) is 5.10. The summed E-state index contributed by atoms with van der Waals surface area (Å²) in [5, 5.41) is 7.44. The molecule has 1 aliphatic heterocycles. The van der Waals surface area contributed by atoms with Crippen LogP contribution < -0.4 is 5.32 Å². The smallest absolute Gasteiger partial charge is 0.244 e. The minimum absolute atomic E-state index is 0.110. The van der Waals surface area contributed by atoms with Gasteiger partial charge < -0.3 is 9.84 Å². The van der Waals surface area contributed by atoms with Crippen LogP contribution in [0.4, 0.5) is 4.39 Å². The maximum absolute atomic E-state index is 13.4. The highest BCUT2D eigenvalue weighted by atomic mass is 19.1. The van der Waals surface area contributed by atoms with Gasteiger partial charge in [0.2, 0.25) is 11.7 Å². The lowest BCUT2D eigenvalue weighted by Gasteiger charge is -2.27. The topological polar surface area (TPSA) is 51.0 Å². The third kappa shape index (κ3) is 2.97. The van der Waals surface area contributed by atoms with Gasteiger partial charge in [-0.1, -0.05) is 24.6 Å². The molecule has 4 nitrogen and oxygen atoms in total. The third-order valence-electron chi connectivity index (χ3n) is 4.27. The Kier molecular flexibility index (Phi) is 4.01. The van der Waals surface area contributed by atoms with Crippen molar-refractivity contribution in [2.45, 2.75) is 39.2 Å². The second-order valence-electron chi connectivity index (χ2n) is 5.72. The number of halogens is 1. The molecule has 1 aromatic carbocycles. The van der Waals surface area contributed by atoms with Gasteiger partial charge in [0.1, 0.15) is 5.82 Å². The maximum atomic E-state index is 13.4. The van der Waals surface area contributed by atoms with E-state index in [1.807, 2.05) is 6.92 Å². The van der Waals surface area contributed by atoms with Crippen LogP contribution in [0.1, 0.15) is 43.7 Å². The molecule has 112 valence electrons. The summed E-state index contributed by atoms with van der Waals surface area (Å²) in [6, 6.07) is 4.73. The molecule has 0 aliphatic carbocycles. The molecule has 3 rings (SSSR count). The van der Waals surface area contributed by atoms with E-state index < -0.39 is 0 Å². The fourth-order valence-corrected chi connectivity index (χ4v) is 2.88. The molecule has 0 radical (unpaired) electrons. The van der Waals surface area contributed by atoms with Crippen LogP contribution in [0, 0.1) is 18.7 Å². The Morgan fingerprint density at radius 1 is 1.43 bits per heavy atom. The van der Waals surface area contributed by atoms with Gasteiger partial charge in [0.15, 0.2) is 0 Å². The van der Waals surface area contributed by atoms with Crippen LogP contribution in [-0.4, -0.2) is 16.7 Å². The van der Waals surface area contributed by atoms with Crippen molar-refractivity contribution in [3.05, 3.63) is 35.5 Å². The predicted molar refractivity (Wildman–Crippen MR) is 78.2 cm³/mol. The summed E-state index contributed by atoms with van der Waals surface area (Å²) in [4.78, 5) is 4.47. The van der Waals surface area contributed by atoms with Crippen molar-refractivity contribution in [1.82, 2.24) is 15.5 Å². The van der Waals surface area contributed by atoms with E-state index in [-0.39, 0.29) is 11.9 Å². The Balaban J connectivity index is 1.84. The van der Waals surface area contributed by atoms with Gasteiger partial charge in [-0.05, 0) is 49.9 Å². The molecule has 2 aromatic rings. The van der Waals surface area contributed by atoms with Crippen molar-refractivity contribution in [3.8, 4) is 11.4 Å². The fraction of sp³-hybridized carbons (Fsp3) is 0.500. The largest absolute Gasteiger partial charge is 0.337 e. The molecule has 0 spiro atoms. The zero-order valence-corrected chi connectivity index (χ0v) is 12.4. The van der Waals surface area contributed by atoms with E-state index in [9.17, 15) is 4.39 Å². The quantitative estimate of drug-likeness (QED) is 0.937. The second-order valence-corrected chi connectivity index (χ2v) is 5.72. The van der Waals surface area contributed by atoms with E-state index in [0.717, 1.165) is 18.5 Å². The number of benzene rings is 1. The van der Waals surface area contributed by atoms with Gasteiger partial charge in [-0.15, -0.1) is 0 Å². The van der Waals surface area contributed by atoms with Crippen molar-refractivity contribution in [3.63, 3.8) is 0 Å². The predicted octanol–water partition coefficient (Wildman–Crippen LogP) is 3.63. The lowest BCUT2D eigenvalue weighted by Crippen LogP contribution is -2.31. The number of nitrogens with one attached hydrogen (secondary N) is 1. The van der Waals surface area contributed by atoms with Crippen molar-refractivity contribution in [2.24, 2.45) is 5.92 Å². The molecule has 1 N–H and O–H groups in total. The number of hydrogen-bond acceptors (Lipinski definition) is 4. The molecule has 5 heteroatoms. The fourth-order valence-electron chi connectivity index (χ4n) is 2.88. The van der Waals surface area contributed by atoms with Crippen molar-refractivity contribution >= 4 is 0 Å². The molecule has 2 atom stereocenters. The van der Waals surface area contributed by atoms with Crippen LogP contribution in [0.15, 0.2) is 22.7 Å². The van der Waals surface area contributed by atoms with Crippen LogP contribution in [0.3, 0.4) is 0 Å². The molecule has 0 bridgehead atoms. The van der Waals surface area contributed by atoms with Gasteiger partial charge in [0.05, 0.1) is 6.04 Å². The lowest BCUT2D eigenvalue weighted by molar-refractivity contribution is 0.246. The first-order valence-electron chi connectivity index (χ1n) is 7.51. The van der Waals surface area contributed by atoms with Crippen molar-refractivity contribution in [1.29, 1.82) is 0 Å². The highest BCUT2D eigenvalue weighted by molar-refractivity contribution is 5.59. The lowest BCUT2D eigenvalue weighted by atomic mass is 9.90. The summed E-state index contributed by atoms with van der Waals surface area (Å²) in [5.41, 5.74) is 1.62. The zero-order valence-electron chi connectivity index (χ0n) is 12.4. The number of rotatable bonds is 3. The molecule has 1 aromatic heterocycles. The Hall–Kier alpha value is -1.75. The standard InChI is InChI=1S/C16H20FN3O/c1-3-11-6-7-18-14(8-11)16-19-15(20-21-16)13-9-12(17)5-4-10(13)2/h4-5,9,11,14,18H,3,6-8H2,1-2H3. The molecule has 0 saturated carbocycles. The van der Waals surface area contributed by atoms with E-state index in [0.29, 0.717) is 23.2 Å². The number of aromatic nitrogens is 2. The molecule has 2 heterocycles. The summed E-state index contributed by atoms with van der Waals surface area (Å²) in [6.07, 6.45) is 3.37. The summed E-state index contributed by atoms with van der Waals surface area (Å²) in [5.74, 6) is 1.47. The summed E-state index contributed by atoms with van der Waals surface area (Å²) >= 11 is 0. The molecule has 21 heavy (non-hydrogen) atoms. The van der Waals surface area contributed by atoms with E-state index >= 15 is 0 Å². The van der Waals surface area contributed by atoms with Gasteiger partial charge in [-0.25, -0.2) is 4.39 Å². The van der Waals surface area contributed by atoms with E-state index in [1.165, 1.54) is 25.0 Å². The molecule has 1 fully saturated rings. The molecule has 0 amide bonds. The average Bonchev–Trinajstić information content (AvgIpc) is 2.99. The zero-order chi connectivity index (χ0) is 14.8. The normalized spacial score (nSPS) is 22.4. The van der Waals surface area contributed by atoms with Crippen molar-refractivity contribution < 1.29 is 8.91 Å². The van der Waals surface area contributed by atoms with E-state index in [4.69, 9.17) is 4.52 Å². The first-order chi connectivity index (χ1) is 10.2. The van der Waals surface area contributed by atoms with Gasteiger partial charge in [0, 0.05) is 5.56 Å². The van der Waals surface area contributed by atoms with Crippen LogP contribution in [0.2, 0.25) is 0 Å². The molecule has 2 unspecified atom stereocenters. The summed E-state index contributed by atoms with van der Waals surface area (Å²) < 4.78 is 18.8. The number of hydrogen-bond donors (Lipinski definition) is 1. The van der Waals surface area contributed by atoms with Crippen LogP contribution >= 0.6 is 0 Å². The van der Waals surface area contributed by atoms with Crippen LogP contribution in [0.5, 0.6) is 0 Å². The first kappa shape index (κ1) is 14.2. The number of aryl methyl sites for hydroxylation is 1. The minimum Gasteiger partial charge on any atom is -0.337 e. The highest BCUT2D eigenvalue weighted by Crippen LogP contribution is 2.30. The van der Waals surface area contributed by atoms with Crippen molar-refractivity contribution in [2.75, 3.05) is 6.54 Å². The average molecular weight is 289 g/mol. The van der Waals surface area contributed by atoms with E-state index in [1.54, 1.807) is 6.07 Å². The highest BCUT2D eigenvalue weighted by Gasteiger charge is 2.26. The second kappa shape index (κ2) is 5.93. The van der Waals surface area contributed by atoms with Crippen LogP contribution in [-0.2, 0) is 0 Å². The van der Waals surface area contributed by atoms with Gasteiger partial charge >= 0.3 is 0 Å². The maximum Gasteiger partial charge on any atom is 0.244 e. The molecular weight excluding hydrogens is 269 g/mol. The molecular formula is C16H20FN3O. The number of nitrogens with zero attached hydrogens (tertiary/aromatic N) is 2. The Morgan fingerprint density at radius 3 is 3.10 bits per heavy atom. The Labute approximate surface area is 123 Å². The SMILES string of the molecule is CCC1CCNC(c2nc(-c3cc(F)ccc3C)no2)C1. The van der Waals surface area contributed by atoms with Crippen LogP contribution in [0.25, 0.3) is 11.4 Å². The van der Waals surface area contributed by atoms with E-state index in [2.05, 4.69) is 22.4 Å². The summed E-state index contributed by atoms with van der Waals surface area (Å²) in [7, 11) is 0. The molecule has 1 aliphatic rings. The Morgan fingerprint density at radius 2 is 2.29 bits per heavy atom. The van der Waals surface area contributed by atoms with Gasteiger partial charge in [-0.3, -0.25) is 0 Å². The Bertz CT molecular complexity index is 626. The third-order valence-corrected chi connectivity index (χ3v) is 4.27. The number of piperidine rings is 1. The monoisotopic (exact) mass is 289 g/mol. The molecule has 1 saturated heterocycles. The minimum atomic E-state index is -0.288.